The Morgan fingerprint density at radius 3 is 2.53 bits per heavy atom. The van der Waals surface area contributed by atoms with Gasteiger partial charge in [0.05, 0.1) is 11.8 Å². The van der Waals surface area contributed by atoms with Gasteiger partial charge in [-0.25, -0.2) is 0 Å². The number of hydrogen-bond donors (Lipinski definition) is 1. The second-order valence-electron chi connectivity index (χ2n) is 4.44. The van der Waals surface area contributed by atoms with Gasteiger partial charge in [0, 0.05) is 5.54 Å². The van der Waals surface area contributed by atoms with Gasteiger partial charge in [0.1, 0.15) is 0 Å². The highest BCUT2D eigenvalue weighted by molar-refractivity contribution is 6.32. The highest BCUT2D eigenvalue weighted by Gasteiger charge is 2.26. The van der Waals surface area contributed by atoms with Gasteiger partial charge in [-0.1, -0.05) is 13.8 Å². The minimum atomic E-state index is -0.266. The lowest BCUT2D eigenvalue weighted by Crippen LogP contribution is -2.47. The quantitative estimate of drug-likeness (QED) is 0.866. The molecule has 0 fully saturated rings. The molecule has 0 unspecified atom stereocenters. The van der Waals surface area contributed by atoms with Crippen molar-refractivity contribution in [1.29, 1.82) is 0 Å². The van der Waals surface area contributed by atoms with Crippen LogP contribution in [0.3, 0.4) is 0 Å². The van der Waals surface area contributed by atoms with E-state index in [2.05, 4.69) is 19.2 Å². The molecule has 1 heterocycles. The first-order valence-corrected chi connectivity index (χ1v) is 5.28. The van der Waals surface area contributed by atoms with Gasteiger partial charge >= 0.3 is 0 Å². The van der Waals surface area contributed by atoms with Crippen LogP contribution in [0.25, 0.3) is 0 Å². The van der Waals surface area contributed by atoms with E-state index in [1.54, 1.807) is 6.07 Å². The van der Waals surface area contributed by atoms with Crippen molar-refractivity contribution in [2.75, 3.05) is 0 Å². The van der Waals surface area contributed by atoms with E-state index in [4.69, 9.17) is 16.0 Å². The van der Waals surface area contributed by atoms with Gasteiger partial charge in [-0.15, -0.1) is 0 Å². The van der Waals surface area contributed by atoms with Gasteiger partial charge in [-0.3, -0.25) is 4.79 Å². The van der Waals surface area contributed by atoms with Crippen LogP contribution in [0.1, 0.15) is 38.1 Å². The molecule has 3 nitrogen and oxygen atoms in total. The van der Waals surface area contributed by atoms with E-state index in [-0.39, 0.29) is 16.7 Å². The van der Waals surface area contributed by atoms with E-state index >= 15 is 0 Å². The Morgan fingerprint density at radius 1 is 1.53 bits per heavy atom. The van der Waals surface area contributed by atoms with Gasteiger partial charge in [0.2, 0.25) is 5.22 Å². The van der Waals surface area contributed by atoms with E-state index in [1.165, 1.54) is 6.26 Å². The van der Waals surface area contributed by atoms with Crippen LogP contribution in [0.5, 0.6) is 0 Å². The highest BCUT2D eigenvalue weighted by Crippen LogP contribution is 2.20. The van der Waals surface area contributed by atoms with Crippen LogP contribution in [0, 0.1) is 5.92 Å². The molecule has 0 aliphatic heterocycles. The zero-order valence-corrected chi connectivity index (χ0v) is 10.2. The van der Waals surface area contributed by atoms with Crippen LogP contribution in [0.2, 0.25) is 5.22 Å². The third-order valence-corrected chi connectivity index (χ3v) is 3.03. The molecule has 0 bridgehead atoms. The van der Waals surface area contributed by atoms with Crippen molar-refractivity contribution >= 4 is 17.5 Å². The molecule has 0 spiro atoms. The molecule has 0 atom stereocenters. The molecule has 1 N–H and O–H groups in total. The third kappa shape index (κ3) is 2.75. The molecule has 0 radical (unpaired) electrons. The molecule has 1 rings (SSSR count). The Morgan fingerprint density at radius 2 is 2.13 bits per heavy atom. The summed E-state index contributed by atoms with van der Waals surface area (Å²) in [7, 11) is 0. The lowest BCUT2D eigenvalue weighted by Gasteiger charge is -2.30. The minimum absolute atomic E-state index is 0.132. The van der Waals surface area contributed by atoms with E-state index in [1.807, 2.05) is 13.8 Å². The second kappa shape index (κ2) is 4.27. The molecule has 1 amide bonds. The van der Waals surface area contributed by atoms with Crippen molar-refractivity contribution in [3.63, 3.8) is 0 Å². The lowest BCUT2D eigenvalue weighted by atomic mass is 9.90. The molecule has 84 valence electrons. The highest BCUT2D eigenvalue weighted by atomic mass is 35.5. The predicted octanol–water partition coefficient (Wildman–Crippen LogP) is 3.10. The monoisotopic (exact) mass is 229 g/mol. The van der Waals surface area contributed by atoms with Gasteiger partial charge in [0.15, 0.2) is 0 Å². The number of nitrogens with one attached hydrogen (secondary N) is 1. The summed E-state index contributed by atoms with van der Waals surface area (Å²) in [6.45, 7) is 8.06. The van der Waals surface area contributed by atoms with Crippen molar-refractivity contribution in [2.45, 2.75) is 33.2 Å². The number of amides is 1. The smallest absolute Gasteiger partial charge is 0.256 e. The van der Waals surface area contributed by atoms with Crippen LogP contribution in [-0.4, -0.2) is 11.4 Å². The zero-order valence-electron chi connectivity index (χ0n) is 9.43. The first-order valence-electron chi connectivity index (χ1n) is 4.90. The van der Waals surface area contributed by atoms with Crippen molar-refractivity contribution in [3.05, 3.63) is 23.1 Å². The fourth-order valence-corrected chi connectivity index (χ4v) is 1.16. The number of carbonyl (C=O) groups excluding carboxylic acids is 1. The van der Waals surface area contributed by atoms with Crippen molar-refractivity contribution < 1.29 is 9.21 Å². The molecule has 0 saturated heterocycles. The molecule has 4 heteroatoms. The van der Waals surface area contributed by atoms with E-state index in [0.717, 1.165) is 0 Å². The Bertz CT molecular complexity index is 355. The van der Waals surface area contributed by atoms with Gasteiger partial charge in [-0.2, -0.15) is 0 Å². The number of halogens is 1. The topological polar surface area (TPSA) is 42.2 Å². The maximum Gasteiger partial charge on any atom is 0.256 e. The molecule has 0 saturated carbocycles. The van der Waals surface area contributed by atoms with Crippen LogP contribution >= 0.6 is 11.6 Å². The molecule has 15 heavy (non-hydrogen) atoms. The van der Waals surface area contributed by atoms with Crippen molar-refractivity contribution in [2.24, 2.45) is 5.92 Å². The molecule has 1 aromatic rings. The summed E-state index contributed by atoms with van der Waals surface area (Å²) in [6.07, 6.45) is 1.40. The Labute approximate surface area is 94.8 Å². The summed E-state index contributed by atoms with van der Waals surface area (Å²) in [4.78, 5) is 11.8. The lowest BCUT2D eigenvalue weighted by molar-refractivity contribution is 0.0890. The second-order valence-corrected chi connectivity index (χ2v) is 4.78. The normalized spacial score (nSPS) is 11.9. The number of rotatable bonds is 3. The maximum absolute atomic E-state index is 11.8. The van der Waals surface area contributed by atoms with Crippen LogP contribution in [0.15, 0.2) is 16.7 Å². The average Bonchev–Trinajstić information content (AvgIpc) is 2.50. The summed E-state index contributed by atoms with van der Waals surface area (Å²) in [6, 6.07) is 1.56. The molecule has 1 aromatic heterocycles. The van der Waals surface area contributed by atoms with Gasteiger partial charge in [-0.05, 0) is 37.4 Å². The molecular weight excluding hydrogens is 214 g/mol. The van der Waals surface area contributed by atoms with Crippen LogP contribution < -0.4 is 5.32 Å². The third-order valence-electron chi connectivity index (χ3n) is 2.74. The fourth-order valence-electron chi connectivity index (χ4n) is 0.960. The molecular formula is C11H16ClNO2. The maximum atomic E-state index is 11.8. The standard InChI is InChI=1S/C11H16ClNO2/c1-7(2)11(3,4)13-10(14)8-5-6-15-9(8)12/h5-7H,1-4H3,(H,13,14). The summed E-state index contributed by atoms with van der Waals surface area (Å²) < 4.78 is 4.87. The Hall–Kier alpha value is -0.960. The van der Waals surface area contributed by atoms with Gasteiger partial charge in [0.25, 0.3) is 5.91 Å². The number of hydrogen-bond acceptors (Lipinski definition) is 2. The molecule has 0 aromatic carbocycles. The Kier molecular flexibility index (Phi) is 3.45. The zero-order chi connectivity index (χ0) is 11.6. The number of furan rings is 1. The average molecular weight is 230 g/mol. The number of carbonyl (C=O) groups is 1. The minimum Gasteiger partial charge on any atom is -0.452 e. The summed E-state index contributed by atoms with van der Waals surface area (Å²) in [5, 5.41) is 3.05. The van der Waals surface area contributed by atoms with Crippen LogP contribution in [0.4, 0.5) is 0 Å². The van der Waals surface area contributed by atoms with Crippen LogP contribution in [-0.2, 0) is 0 Å². The van der Waals surface area contributed by atoms with Crippen molar-refractivity contribution in [3.8, 4) is 0 Å². The first-order chi connectivity index (χ1) is 6.84. The van der Waals surface area contributed by atoms with E-state index in [0.29, 0.717) is 11.5 Å². The first kappa shape index (κ1) is 12.1. The predicted molar refractivity (Wildman–Crippen MR) is 60.1 cm³/mol. The summed E-state index contributed by atoms with van der Waals surface area (Å²) in [5.74, 6) is 0.138. The van der Waals surface area contributed by atoms with E-state index in [9.17, 15) is 4.79 Å². The van der Waals surface area contributed by atoms with Gasteiger partial charge < -0.3 is 9.73 Å². The molecule has 0 aliphatic rings. The summed E-state index contributed by atoms with van der Waals surface area (Å²) >= 11 is 5.72. The molecule has 0 aliphatic carbocycles. The van der Waals surface area contributed by atoms with E-state index < -0.39 is 0 Å². The fraction of sp³-hybridized carbons (Fsp3) is 0.545. The van der Waals surface area contributed by atoms with Crippen molar-refractivity contribution in [1.82, 2.24) is 5.32 Å². The summed E-state index contributed by atoms with van der Waals surface area (Å²) in [5.41, 5.74) is 0.114. The Balaban J connectivity index is 2.77. The SMILES string of the molecule is CC(C)C(C)(C)NC(=O)c1ccoc1Cl. The largest absolute Gasteiger partial charge is 0.452 e.